The van der Waals surface area contributed by atoms with Crippen LogP contribution in [0.15, 0.2) is 46.4 Å². The van der Waals surface area contributed by atoms with Gasteiger partial charge in [0.05, 0.1) is 22.8 Å². The Bertz CT molecular complexity index is 901. The molecule has 0 fully saturated rings. The van der Waals surface area contributed by atoms with Gasteiger partial charge in [0.2, 0.25) is 0 Å². The van der Waals surface area contributed by atoms with Crippen LogP contribution < -0.4 is 0 Å². The normalized spacial score (nSPS) is 12.0. The van der Waals surface area contributed by atoms with Gasteiger partial charge in [-0.3, -0.25) is 9.98 Å². The van der Waals surface area contributed by atoms with Crippen LogP contribution in [-0.2, 0) is 42.2 Å². The van der Waals surface area contributed by atoms with Crippen molar-refractivity contribution in [2.24, 2.45) is 9.98 Å². The standard InChI is InChI=1S/C38H60N2.Ni/c1-7-13-19-31-25-32(20-14-8-2)28-35(27-31)39-37(23-17-11-5)38(24-18-12-6)40-36-29-33(21-15-9-3)26-34(30-36)22-16-10-4;/h25-30H,7-24H2,1-6H3;. The molecule has 2 aromatic carbocycles. The Labute approximate surface area is 264 Å². The van der Waals surface area contributed by atoms with Crippen molar-refractivity contribution < 1.29 is 16.5 Å². The third-order valence-electron chi connectivity index (χ3n) is 7.75. The number of hydrogen-bond acceptors (Lipinski definition) is 2. The third kappa shape index (κ3) is 14.8. The molecule has 0 N–H and O–H groups in total. The first-order chi connectivity index (χ1) is 19.6. The van der Waals surface area contributed by atoms with Gasteiger partial charge in [-0.25, -0.2) is 0 Å². The SMILES string of the molecule is CCCCC(=Nc1cc(CCCC)cc(CCCC)c1)C(CCCC)=Nc1cc(CCCC)cc(CCCC)c1.[Ni]. The molecule has 2 aromatic rings. The van der Waals surface area contributed by atoms with Crippen molar-refractivity contribution in [1.29, 1.82) is 0 Å². The zero-order valence-corrected chi connectivity index (χ0v) is 28.4. The predicted octanol–water partition coefficient (Wildman–Crippen LogP) is 12.3. The van der Waals surface area contributed by atoms with E-state index >= 15 is 0 Å². The molecule has 0 aromatic heterocycles. The fourth-order valence-corrected chi connectivity index (χ4v) is 5.25. The van der Waals surface area contributed by atoms with Gasteiger partial charge in [-0.2, -0.15) is 0 Å². The maximum Gasteiger partial charge on any atom is 0.0639 e. The van der Waals surface area contributed by atoms with E-state index in [4.69, 9.17) is 9.98 Å². The molecular formula is C38H60N2Ni. The molecule has 41 heavy (non-hydrogen) atoms. The number of nitrogens with zero attached hydrogens (tertiary/aromatic N) is 2. The van der Waals surface area contributed by atoms with Gasteiger partial charge < -0.3 is 0 Å². The van der Waals surface area contributed by atoms with Gasteiger partial charge in [-0.1, -0.05) is 92.2 Å². The summed E-state index contributed by atoms with van der Waals surface area (Å²) >= 11 is 0. The number of hydrogen-bond donors (Lipinski definition) is 0. The fraction of sp³-hybridized carbons (Fsp3) is 0.632. The van der Waals surface area contributed by atoms with E-state index in [2.05, 4.69) is 77.9 Å². The molecule has 0 aliphatic rings. The van der Waals surface area contributed by atoms with Crippen molar-refractivity contribution in [3.63, 3.8) is 0 Å². The zero-order chi connectivity index (χ0) is 29.0. The van der Waals surface area contributed by atoms with E-state index in [0.717, 1.165) is 62.7 Å². The van der Waals surface area contributed by atoms with Crippen LogP contribution >= 0.6 is 0 Å². The van der Waals surface area contributed by atoms with E-state index in [1.807, 2.05) is 0 Å². The summed E-state index contributed by atoms with van der Waals surface area (Å²) in [6, 6.07) is 14.3. The maximum absolute atomic E-state index is 5.41. The predicted molar refractivity (Wildman–Crippen MR) is 181 cm³/mol. The van der Waals surface area contributed by atoms with E-state index in [1.54, 1.807) is 0 Å². The van der Waals surface area contributed by atoms with E-state index in [1.165, 1.54) is 97.9 Å². The summed E-state index contributed by atoms with van der Waals surface area (Å²) in [7, 11) is 0. The van der Waals surface area contributed by atoms with Gasteiger partial charge in [0.1, 0.15) is 0 Å². The van der Waals surface area contributed by atoms with Gasteiger partial charge >= 0.3 is 0 Å². The number of unbranched alkanes of at least 4 members (excludes halogenated alkanes) is 6. The van der Waals surface area contributed by atoms with Crippen molar-refractivity contribution in [3.05, 3.63) is 58.7 Å². The second-order valence-electron chi connectivity index (χ2n) is 11.8. The van der Waals surface area contributed by atoms with E-state index < -0.39 is 0 Å². The first-order valence-electron chi connectivity index (χ1n) is 17.0. The van der Waals surface area contributed by atoms with Gasteiger partial charge in [0.25, 0.3) is 0 Å². The van der Waals surface area contributed by atoms with Gasteiger partial charge in [0, 0.05) is 16.5 Å². The van der Waals surface area contributed by atoms with Crippen LogP contribution in [-0.4, -0.2) is 11.4 Å². The van der Waals surface area contributed by atoms with Gasteiger partial charge in [0.15, 0.2) is 0 Å². The Morgan fingerprint density at radius 2 is 0.683 bits per heavy atom. The molecule has 0 spiro atoms. The summed E-state index contributed by atoms with van der Waals surface area (Å²) < 4.78 is 0. The molecule has 0 unspecified atom stereocenters. The molecule has 0 aliphatic carbocycles. The molecule has 0 amide bonds. The summed E-state index contributed by atoms with van der Waals surface area (Å²) in [4.78, 5) is 10.8. The van der Waals surface area contributed by atoms with E-state index in [0.29, 0.717) is 0 Å². The smallest absolute Gasteiger partial charge is 0.0639 e. The number of aliphatic imine (C=N–C) groups is 2. The largest absolute Gasteiger partial charge is 0.252 e. The zero-order valence-electron chi connectivity index (χ0n) is 27.4. The number of benzene rings is 2. The summed E-state index contributed by atoms with van der Waals surface area (Å²) in [6.07, 6.45) is 21.1. The van der Waals surface area contributed by atoms with Crippen LogP contribution in [0.2, 0.25) is 0 Å². The van der Waals surface area contributed by atoms with Crippen molar-refractivity contribution in [1.82, 2.24) is 0 Å². The molecule has 3 heteroatoms. The Hall–Kier alpha value is -1.73. The van der Waals surface area contributed by atoms with Gasteiger partial charge in [-0.05, 0) is 124 Å². The van der Waals surface area contributed by atoms with Crippen LogP contribution in [0.25, 0.3) is 0 Å². The minimum absolute atomic E-state index is 0. The number of aryl methyl sites for hydroxylation is 4. The van der Waals surface area contributed by atoms with E-state index in [9.17, 15) is 0 Å². The van der Waals surface area contributed by atoms with Crippen LogP contribution in [0.3, 0.4) is 0 Å². The van der Waals surface area contributed by atoms with Gasteiger partial charge in [-0.15, -0.1) is 0 Å². The van der Waals surface area contributed by atoms with Crippen LogP contribution in [0.1, 0.15) is 154 Å². The monoisotopic (exact) mass is 602 g/mol. The summed E-state index contributed by atoms with van der Waals surface area (Å²) in [6.45, 7) is 13.7. The molecule has 0 radical (unpaired) electrons. The van der Waals surface area contributed by atoms with Crippen molar-refractivity contribution in [2.45, 2.75) is 157 Å². The second-order valence-corrected chi connectivity index (χ2v) is 11.8. The summed E-state index contributed by atoms with van der Waals surface area (Å²) in [5.41, 5.74) is 10.5. The molecular weight excluding hydrogens is 543 g/mol. The average molecular weight is 604 g/mol. The average Bonchev–Trinajstić information content (AvgIpc) is 2.97. The summed E-state index contributed by atoms with van der Waals surface area (Å²) in [5, 5.41) is 0. The quantitative estimate of drug-likeness (QED) is 0.100. The molecule has 0 saturated carbocycles. The second kappa shape index (κ2) is 22.8. The Kier molecular flexibility index (Phi) is 20.8. The molecule has 232 valence electrons. The van der Waals surface area contributed by atoms with Crippen molar-refractivity contribution in [3.8, 4) is 0 Å². The minimum atomic E-state index is 0. The van der Waals surface area contributed by atoms with Crippen LogP contribution in [0.5, 0.6) is 0 Å². The third-order valence-corrected chi connectivity index (χ3v) is 7.75. The minimum Gasteiger partial charge on any atom is -0.252 e. The summed E-state index contributed by atoms with van der Waals surface area (Å²) in [5.74, 6) is 0. The molecule has 0 bridgehead atoms. The maximum atomic E-state index is 5.41. The Morgan fingerprint density at radius 3 is 0.927 bits per heavy atom. The fourth-order valence-electron chi connectivity index (χ4n) is 5.25. The molecule has 2 rings (SSSR count). The molecule has 0 saturated heterocycles. The number of rotatable bonds is 21. The first-order valence-corrected chi connectivity index (χ1v) is 17.0. The Morgan fingerprint density at radius 1 is 0.415 bits per heavy atom. The molecule has 2 nitrogen and oxygen atoms in total. The topological polar surface area (TPSA) is 24.7 Å². The van der Waals surface area contributed by atoms with Crippen LogP contribution in [0.4, 0.5) is 11.4 Å². The molecule has 0 aliphatic heterocycles. The molecule has 0 heterocycles. The van der Waals surface area contributed by atoms with Crippen molar-refractivity contribution >= 4 is 22.8 Å². The van der Waals surface area contributed by atoms with Crippen LogP contribution in [0, 0.1) is 0 Å². The van der Waals surface area contributed by atoms with E-state index in [-0.39, 0.29) is 16.5 Å². The Balaban J connectivity index is 0.00000840. The molecule has 0 atom stereocenters. The first kappa shape index (κ1) is 37.3. The van der Waals surface area contributed by atoms with Crippen molar-refractivity contribution in [2.75, 3.05) is 0 Å².